The molecule has 0 rings (SSSR count). The number of ether oxygens (including phenoxy) is 1. The lowest BCUT2D eigenvalue weighted by Crippen LogP contribution is -1.87. The molecule has 3 heteroatoms. The monoisotopic (exact) mass is 190 g/mol. The predicted octanol–water partition coefficient (Wildman–Crippen LogP) is 3.25. The van der Waals surface area contributed by atoms with E-state index in [1.165, 1.54) is 12.5 Å². The van der Waals surface area contributed by atoms with Crippen molar-refractivity contribution in [3.05, 3.63) is 37.6 Å². The van der Waals surface area contributed by atoms with E-state index >= 15 is 0 Å². The van der Waals surface area contributed by atoms with Crippen LogP contribution in [0.4, 0.5) is 0 Å². The van der Waals surface area contributed by atoms with E-state index < -0.39 is 0 Å². The first-order chi connectivity index (χ1) is 5.60. The highest BCUT2D eigenvalue weighted by atomic mass is 35.5. The van der Waals surface area contributed by atoms with E-state index in [0.29, 0.717) is 0 Å². The number of rotatable bonds is 1. The number of halogens is 1. The molecule has 0 N–H and O–H groups in total. The zero-order chi connectivity index (χ0) is 10.4. The van der Waals surface area contributed by atoms with Crippen LogP contribution < -0.4 is 0 Å². The Morgan fingerprint density at radius 3 is 1.67 bits per heavy atom. The van der Waals surface area contributed by atoms with Gasteiger partial charge in [-0.1, -0.05) is 30.8 Å². The average Bonchev–Trinajstić information content (AvgIpc) is 1.89. The number of carbonyl (C=O) groups is 1. The summed E-state index contributed by atoms with van der Waals surface area (Å²) in [6.45, 7) is 12.9. The molecule has 0 spiro atoms. The minimum absolute atomic E-state index is 0.329. The van der Waals surface area contributed by atoms with Crippen LogP contribution in [-0.4, -0.2) is 5.97 Å². The molecule has 2 nitrogen and oxygen atoms in total. The van der Waals surface area contributed by atoms with Gasteiger partial charge in [-0.2, -0.15) is 0 Å². The van der Waals surface area contributed by atoms with Gasteiger partial charge in [0.2, 0.25) is 0 Å². The van der Waals surface area contributed by atoms with E-state index in [1.54, 1.807) is 6.08 Å². The van der Waals surface area contributed by atoms with Crippen LogP contribution in [0.5, 0.6) is 0 Å². The molecule has 0 saturated heterocycles. The molecule has 0 amide bonds. The maximum Gasteiger partial charge on any atom is 0.307 e. The standard InChI is InChI=1S/C4H6O2.C3H6.C2H3Cl/c1-3-6-4(2)5;1-3-2;1-2-3/h3H,1H2,2H3;3H,1H2,2H3;2H,1H2. The highest BCUT2D eigenvalue weighted by Crippen LogP contribution is 1.70. The first kappa shape index (κ1) is 17.2. The van der Waals surface area contributed by atoms with Gasteiger partial charge >= 0.3 is 5.97 Å². The molecule has 0 radical (unpaired) electrons. The molecule has 0 aliphatic heterocycles. The Kier molecular flexibility index (Phi) is 32.2. The van der Waals surface area contributed by atoms with E-state index in [4.69, 9.17) is 11.6 Å². The third-order valence-corrected chi connectivity index (χ3v) is 0.249. The summed E-state index contributed by atoms with van der Waals surface area (Å²) in [5, 5.41) is 0. The molecule has 0 unspecified atom stereocenters. The molecule has 0 saturated carbocycles. The normalized spacial score (nSPS) is 5.58. The summed E-state index contributed by atoms with van der Waals surface area (Å²) in [5.41, 5.74) is 1.22. The molecular weight excluding hydrogens is 176 g/mol. The number of hydrogen-bond donors (Lipinski definition) is 0. The van der Waals surface area contributed by atoms with Gasteiger partial charge in [0, 0.05) is 6.92 Å². The topological polar surface area (TPSA) is 26.3 Å². The van der Waals surface area contributed by atoms with Crippen molar-refractivity contribution in [1.29, 1.82) is 0 Å². The van der Waals surface area contributed by atoms with Crippen molar-refractivity contribution < 1.29 is 9.53 Å². The minimum atomic E-state index is -0.329. The van der Waals surface area contributed by atoms with Crippen LogP contribution >= 0.6 is 11.6 Å². The third kappa shape index (κ3) is 146. The fraction of sp³-hybridized carbons (Fsp3) is 0.222. The number of esters is 1. The molecule has 0 aliphatic carbocycles. The van der Waals surface area contributed by atoms with E-state index in [1.807, 2.05) is 6.92 Å². The van der Waals surface area contributed by atoms with Crippen LogP contribution in [0.2, 0.25) is 0 Å². The van der Waals surface area contributed by atoms with E-state index in [-0.39, 0.29) is 5.97 Å². The molecule has 0 aromatic rings. The summed E-state index contributed by atoms with van der Waals surface area (Å²) in [7, 11) is 0. The van der Waals surface area contributed by atoms with Crippen molar-refractivity contribution >= 4 is 17.6 Å². The molecule has 12 heavy (non-hydrogen) atoms. The van der Waals surface area contributed by atoms with Crippen LogP contribution in [0.25, 0.3) is 0 Å². The quantitative estimate of drug-likeness (QED) is 0.361. The van der Waals surface area contributed by atoms with Crippen LogP contribution in [0.1, 0.15) is 13.8 Å². The molecule has 0 aromatic carbocycles. The fourth-order valence-corrected chi connectivity index (χ4v) is 0.117. The fourth-order valence-electron chi connectivity index (χ4n) is 0.117. The average molecular weight is 191 g/mol. The van der Waals surface area contributed by atoms with Gasteiger partial charge in [0.25, 0.3) is 0 Å². The molecule has 70 valence electrons. The molecule has 0 aliphatic rings. The van der Waals surface area contributed by atoms with E-state index in [9.17, 15) is 4.79 Å². The molecule has 0 heterocycles. The van der Waals surface area contributed by atoms with Crippen molar-refractivity contribution in [2.24, 2.45) is 0 Å². The van der Waals surface area contributed by atoms with Crippen LogP contribution in [0.15, 0.2) is 37.6 Å². The Balaban J connectivity index is -0.000000115. The maximum absolute atomic E-state index is 9.75. The zero-order valence-electron chi connectivity index (χ0n) is 7.55. The first-order valence-electron chi connectivity index (χ1n) is 3.16. The van der Waals surface area contributed by atoms with Crippen molar-refractivity contribution in [1.82, 2.24) is 0 Å². The Bertz CT molecular complexity index is 124. The smallest absolute Gasteiger partial charge is 0.307 e. The first-order valence-corrected chi connectivity index (χ1v) is 3.60. The summed E-state index contributed by atoms with van der Waals surface area (Å²) in [4.78, 5) is 9.75. The highest BCUT2D eigenvalue weighted by molar-refractivity contribution is 6.25. The molecule has 0 bridgehead atoms. The van der Waals surface area contributed by atoms with Crippen molar-refractivity contribution in [2.45, 2.75) is 13.8 Å². The van der Waals surface area contributed by atoms with Crippen molar-refractivity contribution in [2.75, 3.05) is 0 Å². The largest absolute Gasteiger partial charge is 0.435 e. The van der Waals surface area contributed by atoms with Gasteiger partial charge in [0.15, 0.2) is 0 Å². The van der Waals surface area contributed by atoms with Gasteiger partial charge in [-0.05, 0) is 12.5 Å². The van der Waals surface area contributed by atoms with Crippen LogP contribution in [0, 0.1) is 0 Å². The van der Waals surface area contributed by atoms with Crippen molar-refractivity contribution in [3.8, 4) is 0 Å². The number of hydrogen-bond acceptors (Lipinski definition) is 2. The lowest BCUT2D eigenvalue weighted by molar-refractivity contribution is -0.135. The second-order valence-electron chi connectivity index (χ2n) is 1.34. The van der Waals surface area contributed by atoms with Gasteiger partial charge < -0.3 is 4.74 Å². The summed E-state index contributed by atoms with van der Waals surface area (Å²) in [6, 6.07) is 0. The second kappa shape index (κ2) is 22.5. The van der Waals surface area contributed by atoms with Gasteiger partial charge in [-0.25, -0.2) is 0 Å². The summed E-state index contributed by atoms with van der Waals surface area (Å²) in [5.74, 6) is -0.329. The Morgan fingerprint density at radius 2 is 1.67 bits per heavy atom. The molecule has 0 atom stereocenters. The number of allylic oxidation sites excluding steroid dienone is 1. The molecule has 0 aromatic heterocycles. The van der Waals surface area contributed by atoms with Gasteiger partial charge in [-0.3, -0.25) is 4.79 Å². The van der Waals surface area contributed by atoms with E-state index in [0.717, 1.165) is 6.26 Å². The second-order valence-corrected chi connectivity index (χ2v) is 1.65. The Morgan fingerprint density at radius 1 is 1.42 bits per heavy atom. The summed E-state index contributed by atoms with van der Waals surface area (Å²) < 4.78 is 4.17. The highest BCUT2D eigenvalue weighted by Gasteiger charge is 1.79. The Labute approximate surface area is 79.2 Å². The summed E-state index contributed by atoms with van der Waals surface area (Å²) in [6.07, 6.45) is 2.85. The Hall–Kier alpha value is -1.02. The molecule has 0 fully saturated rings. The minimum Gasteiger partial charge on any atom is -0.435 e. The van der Waals surface area contributed by atoms with E-state index in [2.05, 4.69) is 24.5 Å². The maximum atomic E-state index is 9.75. The van der Waals surface area contributed by atoms with Crippen molar-refractivity contribution in [3.63, 3.8) is 0 Å². The SMILES string of the molecule is C=CC.C=CCl.C=COC(C)=O. The van der Waals surface area contributed by atoms with Gasteiger partial charge in [-0.15, -0.1) is 6.58 Å². The van der Waals surface area contributed by atoms with Gasteiger partial charge in [0.05, 0.1) is 6.26 Å². The molecular formula is C9H15ClO2. The van der Waals surface area contributed by atoms with Crippen LogP contribution in [0.3, 0.4) is 0 Å². The third-order valence-electron chi connectivity index (χ3n) is 0.249. The van der Waals surface area contributed by atoms with Gasteiger partial charge in [0.1, 0.15) is 0 Å². The summed E-state index contributed by atoms with van der Waals surface area (Å²) >= 11 is 4.76. The number of carbonyl (C=O) groups excluding carboxylic acids is 1. The lowest BCUT2D eigenvalue weighted by Gasteiger charge is -1.83. The zero-order valence-corrected chi connectivity index (χ0v) is 8.30. The predicted molar refractivity (Wildman–Crippen MR) is 53.9 cm³/mol. The van der Waals surface area contributed by atoms with Crippen LogP contribution in [-0.2, 0) is 9.53 Å². The lowest BCUT2D eigenvalue weighted by atomic mass is 10.8.